The fourth-order valence-corrected chi connectivity index (χ4v) is 8.86. The predicted molar refractivity (Wildman–Crippen MR) is 207 cm³/mol. The summed E-state index contributed by atoms with van der Waals surface area (Å²) in [7, 11) is 0. The quantitative estimate of drug-likeness (QED) is 0.189. The van der Waals surface area contributed by atoms with E-state index in [0.717, 1.165) is 11.4 Å². The van der Waals surface area contributed by atoms with Crippen LogP contribution in [0.3, 0.4) is 0 Å². The molecule has 0 fully saturated rings. The lowest BCUT2D eigenvalue weighted by Crippen LogP contribution is -2.25. The van der Waals surface area contributed by atoms with Gasteiger partial charge in [0.1, 0.15) is 0 Å². The van der Waals surface area contributed by atoms with Crippen molar-refractivity contribution in [3.63, 3.8) is 0 Å². The molecule has 8 aromatic rings. The Kier molecular flexibility index (Phi) is 5.91. The first-order valence-electron chi connectivity index (χ1n) is 17.3. The Morgan fingerprint density at radius 1 is 0.347 bits per heavy atom. The molecule has 0 amide bonds. The van der Waals surface area contributed by atoms with Crippen molar-refractivity contribution in [2.75, 3.05) is 4.90 Å². The molecule has 49 heavy (non-hydrogen) atoms. The topological polar surface area (TPSA) is 3.24 Å². The van der Waals surface area contributed by atoms with E-state index < -0.39 is 5.41 Å². The second kappa shape index (κ2) is 10.3. The molecule has 1 heteroatoms. The second-order valence-corrected chi connectivity index (χ2v) is 13.9. The Labute approximate surface area is 287 Å². The summed E-state index contributed by atoms with van der Waals surface area (Å²) < 4.78 is 0. The van der Waals surface area contributed by atoms with Crippen LogP contribution in [-0.2, 0) is 5.41 Å². The first-order chi connectivity index (χ1) is 24.0. The summed E-state index contributed by atoms with van der Waals surface area (Å²) in [5.74, 6) is 0. The van der Waals surface area contributed by atoms with E-state index in [2.05, 4.69) is 183 Å². The molecule has 0 saturated heterocycles. The van der Waals surface area contributed by atoms with Gasteiger partial charge in [0.15, 0.2) is 0 Å². The minimum absolute atomic E-state index is 0.392. The van der Waals surface area contributed by atoms with Gasteiger partial charge in [-0.15, -0.1) is 0 Å². The van der Waals surface area contributed by atoms with Crippen LogP contribution in [0.25, 0.3) is 43.8 Å². The molecule has 0 unspecified atom stereocenters. The van der Waals surface area contributed by atoms with Crippen LogP contribution in [0.1, 0.15) is 38.9 Å². The molecule has 1 spiro atoms. The number of para-hydroxylation sites is 1. The normalized spacial score (nSPS) is 13.4. The highest BCUT2D eigenvalue weighted by atomic mass is 15.1. The van der Waals surface area contributed by atoms with Crippen molar-refractivity contribution in [3.05, 3.63) is 197 Å². The molecule has 232 valence electrons. The number of anilines is 3. The maximum absolute atomic E-state index is 2.51. The van der Waals surface area contributed by atoms with Gasteiger partial charge in [0.25, 0.3) is 0 Å². The molecule has 0 aromatic heterocycles. The number of hydrogen-bond donors (Lipinski definition) is 0. The van der Waals surface area contributed by atoms with Crippen LogP contribution >= 0.6 is 0 Å². The Morgan fingerprint density at radius 2 is 0.857 bits per heavy atom. The van der Waals surface area contributed by atoms with E-state index in [9.17, 15) is 0 Å². The summed E-state index contributed by atoms with van der Waals surface area (Å²) >= 11 is 0. The third-order valence-electron chi connectivity index (χ3n) is 11.3. The molecule has 0 bridgehead atoms. The van der Waals surface area contributed by atoms with Crippen molar-refractivity contribution >= 4 is 38.6 Å². The Hall–Kier alpha value is -5.92. The van der Waals surface area contributed by atoms with Gasteiger partial charge in [-0.3, -0.25) is 0 Å². The molecule has 0 heterocycles. The fourth-order valence-electron chi connectivity index (χ4n) is 8.86. The highest BCUT2D eigenvalue weighted by Gasteiger charge is 2.51. The number of aryl methyl sites for hydroxylation is 2. The summed E-state index contributed by atoms with van der Waals surface area (Å²) in [4.78, 5) is 2.41. The first kappa shape index (κ1) is 28.1. The zero-order chi connectivity index (χ0) is 32.9. The molecule has 1 nitrogen and oxygen atoms in total. The van der Waals surface area contributed by atoms with Crippen molar-refractivity contribution < 1.29 is 0 Å². The van der Waals surface area contributed by atoms with Crippen molar-refractivity contribution in [2.24, 2.45) is 0 Å². The van der Waals surface area contributed by atoms with E-state index in [1.54, 1.807) is 0 Å². The lowest BCUT2D eigenvalue weighted by Gasteiger charge is -2.31. The Balaban J connectivity index is 1.27. The third kappa shape index (κ3) is 3.87. The monoisotopic (exact) mass is 625 g/mol. The van der Waals surface area contributed by atoms with Crippen LogP contribution in [0, 0.1) is 20.8 Å². The molecule has 2 aliphatic carbocycles. The Morgan fingerprint density at radius 3 is 1.49 bits per heavy atom. The number of benzene rings is 8. The van der Waals surface area contributed by atoms with E-state index in [0.29, 0.717) is 0 Å². The standard InChI is InChI=1S/C48H35N/c1-30-23-39(24-31(2)32(30)3)49(37-15-5-4-6-16-37)38-22-21-35-27-43-42-26-33-13-7-8-14-34(33)28-46(42)48(47(43)29-36(35)25-38)44-19-11-9-17-40(44)41-18-10-12-20-45(41)48/h4-29H,1-3H3. The van der Waals surface area contributed by atoms with Crippen LogP contribution in [0.4, 0.5) is 17.1 Å². The number of nitrogens with zero attached hydrogens (tertiary/aromatic N) is 1. The van der Waals surface area contributed by atoms with Gasteiger partial charge in [0.2, 0.25) is 0 Å². The molecular weight excluding hydrogens is 591 g/mol. The van der Waals surface area contributed by atoms with Gasteiger partial charge in [-0.2, -0.15) is 0 Å². The van der Waals surface area contributed by atoms with Crippen LogP contribution in [0.5, 0.6) is 0 Å². The van der Waals surface area contributed by atoms with Crippen molar-refractivity contribution in [1.82, 2.24) is 0 Å². The van der Waals surface area contributed by atoms with Gasteiger partial charge >= 0.3 is 0 Å². The summed E-state index contributed by atoms with van der Waals surface area (Å²) in [6.07, 6.45) is 0. The lowest BCUT2D eigenvalue weighted by molar-refractivity contribution is 0.796. The molecule has 0 radical (unpaired) electrons. The van der Waals surface area contributed by atoms with Crippen molar-refractivity contribution in [2.45, 2.75) is 26.2 Å². The maximum Gasteiger partial charge on any atom is 0.0725 e. The smallest absolute Gasteiger partial charge is 0.0725 e. The minimum Gasteiger partial charge on any atom is -0.310 e. The van der Waals surface area contributed by atoms with E-state index in [-0.39, 0.29) is 0 Å². The molecule has 0 N–H and O–H groups in total. The maximum atomic E-state index is 2.51. The molecule has 0 atom stereocenters. The van der Waals surface area contributed by atoms with Crippen molar-refractivity contribution in [3.8, 4) is 22.3 Å². The van der Waals surface area contributed by atoms with E-state index in [4.69, 9.17) is 0 Å². The lowest BCUT2D eigenvalue weighted by atomic mass is 9.70. The van der Waals surface area contributed by atoms with Crippen LogP contribution in [0.2, 0.25) is 0 Å². The highest BCUT2D eigenvalue weighted by molar-refractivity contribution is 6.04. The fraction of sp³-hybridized carbons (Fsp3) is 0.0833. The molecular formula is C48H35N. The van der Waals surface area contributed by atoms with Gasteiger partial charge in [-0.1, -0.05) is 97.1 Å². The predicted octanol–water partition coefficient (Wildman–Crippen LogP) is 12.7. The zero-order valence-electron chi connectivity index (χ0n) is 28.0. The van der Waals surface area contributed by atoms with Crippen LogP contribution in [-0.4, -0.2) is 0 Å². The molecule has 0 saturated carbocycles. The van der Waals surface area contributed by atoms with Gasteiger partial charge in [-0.05, 0) is 164 Å². The van der Waals surface area contributed by atoms with Gasteiger partial charge in [0.05, 0.1) is 5.41 Å². The largest absolute Gasteiger partial charge is 0.310 e. The molecule has 2 aliphatic rings. The Bertz CT molecular complexity index is 2580. The molecule has 0 aliphatic heterocycles. The number of fused-ring (bicyclic) bond motifs is 12. The molecule has 10 rings (SSSR count). The highest BCUT2D eigenvalue weighted by Crippen LogP contribution is 2.63. The minimum atomic E-state index is -0.392. The van der Waals surface area contributed by atoms with Gasteiger partial charge in [0, 0.05) is 17.1 Å². The summed E-state index contributed by atoms with van der Waals surface area (Å²) in [5, 5.41) is 5.06. The SMILES string of the molecule is Cc1cc(N(c2ccccc2)c2ccc3cc4c(cc3c2)C2(c3ccccc3-c3ccccc32)c2cc3ccccc3cc2-4)cc(C)c1C. The average molecular weight is 626 g/mol. The first-order valence-corrected chi connectivity index (χ1v) is 17.3. The second-order valence-electron chi connectivity index (χ2n) is 13.9. The van der Waals surface area contributed by atoms with Gasteiger partial charge < -0.3 is 4.90 Å². The number of rotatable bonds is 3. The van der Waals surface area contributed by atoms with E-state index in [1.165, 1.54) is 88.4 Å². The summed E-state index contributed by atoms with van der Waals surface area (Å²) in [5.41, 5.74) is 17.9. The van der Waals surface area contributed by atoms with Crippen LogP contribution in [0.15, 0.2) is 158 Å². The molecule has 8 aromatic carbocycles. The van der Waals surface area contributed by atoms with Gasteiger partial charge in [-0.25, -0.2) is 0 Å². The van der Waals surface area contributed by atoms with Crippen molar-refractivity contribution in [1.29, 1.82) is 0 Å². The zero-order valence-corrected chi connectivity index (χ0v) is 28.0. The van der Waals surface area contributed by atoms with Crippen LogP contribution < -0.4 is 4.90 Å². The van der Waals surface area contributed by atoms with E-state index >= 15 is 0 Å². The summed E-state index contributed by atoms with van der Waals surface area (Å²) in [6.45, 7) is 6.65. The summed E-state index contributed by atoms with van der Waals surface area (Å²) in [6, 6.07) is 59.2. The average Bonchev–Trinajstić information content (AvgIpc) is 3.58. The third-order valence-corrected chi connectivity index (χ3v) is 11.3. The van der Waals surface area contributed by atoms with E-state index in [1.807, 2.05) is 0 Å². The number of hydrogen-bond acceptors (Lipinski definition) is 1.